The average Bonchev–Trinajstić information content (AvgIpc) is 2.64. The molecule has 2 heterocycles. The number of hydrogen-bond donors (Lipinski definition) is 1. The minimum Gasteiger partial charge on any atom is -0.336 e. The van der Waals surface area contributed by atoms with E-state index in [1.807, 2.05) is 0 Å². The first-order valence-electron chi connectivity index (χ1n) is 4.16. The van der Waals surface area contributed by atoms with Gasteiger partial charge >= 0.3 is 6.03 Å². The normalized spacial score (nSPS) is 15.4. The maximum absolute atomic E-state index is 11.3. The molecule has 14 heavy (non-hydrogen) atoms. The highest BCUT2D eigenvalue weighted by Crippen LogP contribution is 2.25. The van der Waals surface area contributed by atoms with Gasteiger partial charge in [-0.3, -0.25) is 4.90 Å². The molecule has 0 spiro atoms. The van der Waals surface area contributed by atoms with Gasteiger partial charge in [-0.2, -0.15) is 0 Å². The largest absolute Gasteiger partial charge is 0.336 e. The van der Waals surface area contributed by atoms with Crippen LogP contribution in [0.15, 0.2) is 23.5 Å². The van der Waals surface area contributed by atoms with Crippen LogP contribution in [-0.2, 0) is 0 Å². The van der Waals surface area contributed by atoms with Crippen molar-refractivity contribution in [2.45, 2.75) is 0 Å². The lowest BCUT2D eigenvalue weighted by molar-refractivity contribution is 0.252. The zero-order chi connectivity index (χ0) is 9.97. The summed E-state index contributed by atoms with van der Waals surface area (Å²) in [4.78, 5) is 27.1. The van der Waals surface area contributed by atoms with Crippen LogP contribution in [0.2, 0.25) is 0 Å². The molecule has 0 unspecified atom stereocenters. The number of nitroso groups, excluding NO2 is 1. The molecule has 0 aliphatic carbocycles. The minimum atomic E-state index is -0.242. The second kappa shape index (κ2) is 3.41. The molecule has 0 aromatic carbocycles. The molecule has 0 radical (unpaired) electrons. The summed E-state index contributed by atoms with van der Waals surface area (Å²) >= 11 is 0. The van der Waals surface area contributed by atoms with Gasteiger partial charge in [0, 0.05) is 19.3 Å². The van der Waals surface area contributed by atoms with Crippen LogP contribution in [0.4, 0.5) is 16.3 Å². The third kappa shape index (κ3) is 1.30. The van der Waals surface area contributed by atoms with E-state index >= 15 is 0 Å². The summed E-state index contributed by atoms with van der Waals surface area (Å²) in [5.74, 6) is 0.317. The first-order chi connectivity index (χ1) is 6.83. The highest BCUT2D eigenvalue weighted by molar-refractivity contribution is 5.95. The van der Waals surface area contributed by atoms with Crippen LogP contribution in [0.5, 0.6) is 0 Å². The van der Waals surface area contributed by atoms with Crippen molar-refractivity contribution >= 4 is 17.5 Å². The van der Waals surface area contributed by atoms with E-state index in [-0.39, 0.29) is 11.7 Å². The summed E-state index contributed by atoms with van der Waals surface area (Å²) < 4.78 is 0. The van der Waals surface area contributed by atoms with Gasteiger partial charge in [0.1, 0.15) is 0 Å². The van der Waals surface area contributed by atoms with E-state index in [2.05, 4.69) is 15.5 Å². The Balaban J connectivity index is 2.39. The van der Waals surface area contributed by atoms with Gasteiger partial charge in [-0.15, -0.1) is 4.91 Å². The average molecular weight is 192 g/mol. The van der Waals surface area contributed by atoms with Crippen LogP contribution in [0, 0.1) is 4.91 Å². The summed E-state index contributed by atoms with van der Waals surface area (Å²) in [5, 5.41) is 5.44. The molecule has 72 valence electrons. The highest BCUT2D eigenvalue weighted by Gasteiger charge is 2.24. The molecule has 6 nitrogen and oxygen atoms in total. The molecule has 1 aromatic heterocycles. The molecular formula is C8H8N4O2. The van der Waals surface area contributed by atoms with Gasteiger partial charge < -0.3 is 5.32 Å². The summed E-state index contributed by atoms with van der Waals surface area (Å²) in [5.41, 5.74) is 0.185. The summed E-state index contributed by atoms with van der Waals surface area (Å²) in [6.45, 7) is 1.08. The lowest BCUT2D eigenvalue weighted by Gasteiger charge is -2.13. The topological polar surface area (TPSA) is 74.7 Å². The zero-order valence-corrected chi connectivity index (χ0v) is 7.30. The van der Waals surface area contributed by atoms with Crippen LogP contribution < -0.4 is 10.2 Å². The molecule has 1 fully saturated rings. The van der Waals surface area contributed by atoms with Gasteiger partial charge in [0.25, 0.3) is 0 Å². The van der Waals surface area contributed by atoms with Crippen molar-refractivity contribution in [1.29, 1.82) is 0 Å². The van der Waals surface area contributed by atoms with Crippen molar-refractivity contribution in [3.05, 3.63) is 23.2 Å². The first-order valence-corrected chi connectivity index (χ1v) is 4.16. The fraction of sp³-hybridized carbons (Fsp3) is 0.250. The van der Waals surface area contributed by atoms with Gasteiger partial charge in [-0.05, 0) is 17.3 Å². The van der Waals surface area contributed by atoms with Crippen molar-refractivity contribution in [3.63, 3.8) is 0 Å². The Morgan fingerprint density at radius 3 is 3.07 bits per heavy atom. The monoisotopic (exact) mass is 192 g/mol. The van der Waals surface area contributed by atoms with E-state index in [1.165, 1.54) is 17.2 Å². The number of carbonyl (C=O) groups excluding carboxylic acids is 1. The number of nitrogens with one attached hydrogen (secondary N) is 1. The van der Waals surface area contributed by atoms with E-state index in [1.54, 1.807) is 6.07 Å². The Hall–Kier alpha value is -1.98. The molecule has 1 saturated heterocycles. The minimum absolute atomic E-state index is 0.185. The Labute approximate surface area is 79.9 Å². The smallest absolute Gasteiger partial charge is 0.323 e. The Morgan fingerprint density at radius 1 is 1.57 bits per heavy atom. The van der Waals surface area contributed by atoms with E-state index in [4.69, 9.17) is 0 Å². The van der Waals surface area contributed by atoms with Gasteiger partial charge in [0.15, 0.2) is 11.5 Å². The molecule has 2 rings (SSSR count). The Bertz CT molecular complexity index is 379. The third-order valence-corrected chi connectivity index (χ3v) is 1.98. The Morgan fingerprint density at radius 2 is 2.43 bits per heavy atom. The summed E-state index contributed by atoms with van der Waals surface area (Å²) in [6, 6.07) is 2.89. The predicted octanol–water partition coefficient (Wildman–Crippen LogP) is 1.01. The van der Waals surface area contributed by atoms with Crippen molar-refractivity contribution in [2.75, 3.05) is 18.0 Å². The molecule has 6 heteroatoms. The van der Waals surface area contributed by atoms with Crippen LogP contribution >= 0.6 is 0 Å². The standard InChI is InChI=1S/C8H8N4O2/c13-8-10-4-5-12(8)7-6(11-14)2-1-3-9-7/h1-3H,4-5H2,(H,10,13). The van der Waals surface area contributed by atoms with Crippen molar-refractivity contribution < 1.29 is 4.79 Å². The van der Waals surface area contributed by atoms with E-state index in [0.717, 1.165) is 0 Å². The quantitative estimate of drug-likeness (QED) is 0.710. The van der Waals surface area contributed by atoms with E-state index in [0.29, 0.717) is 18.9 Å². The molecule has 1 aliphatic heterocycles. The number of hydrogen-bond acceptors (Lipinski definition) is 4. The molecule has 1 aliphatic rings. The summed E-state index contributed by atoms with van der Waals surface area (Å²) in [7, 11) is 0. The van der Waals surface area contributed by atoms with Crippen molar-refractivity contribution in [2.24, 2.45) is 5.18 Å². The number of urea groups is 1. The van der Waals surface area contributed by atoms with Crippen molar-refractivity contribution in [1.82, 2.24) is 10.3 Å². The van der Waals surface area contributed by atoms with Crippen LogP contribution in [0.3, 0.4) is 0 Å². The number of carbonyl (C=O) groups is 1. The number of nitrogens with zero attached hydrogens (tertiary/aromatic N) is 3. The zero-order valence-electron chi connectivity index (χ0n) is 7.30. The predicted molar refractivity (Wildman–Crippen MR) is 50.4 cm³/mol. The molecule has 1 aromatic rings. The fourth-order valence-electron chi connectivity index (χ4n) is 1.34. The fourth-order valence-corrected chi connectivity index (χ4v) is 1.34. The van der Waals surface area contributed by atoms with Crippen LogP contribution in [0.25, 0.3) is 0 Å². The summed E-state index contributed by atoms with van der Waals surface area (Å²) in [6.07, 6.45) is 1.52. The maximum Gasteiger partial charge on any atom is 0.323 e. The van der Waals surface area contributed by atoms with Crippen LogP contribution in [0.1, 0.15) is 0 Å². The van der Waals surface area contributed by atoms with Gasteiger partial charge in [0.2, 0.25) is 0 Å². The lowest BCUT2D eigenvalue weighted by atomic mass is 10.4. The number of amides is 2. The van der Waals surface area contributed by atoms with E-state index < -0.39 is 0 Å². The molecule has 0 bridgehead atoms. The molecule has 1 N–H and O–H groups in total. The van der Waals surface area contributed by atoms with E-state index in [9.17, 15) is 9.70 Å². The number of aromatic nitrogens is 1. The molecule has 0 saturated carbocycles. The SMILES string of the molecule is O=Nc1cccnc1N1CCNC1=O. The van der Waals surface area contributed by atoms with Gasteiger partial charge in [-0.25, -0.2) is 9.78 Å². The van der Waals surface area contributed by atoms with Crippen LogP contribution in [-0.4, -0.2) is 24.1 Å². The number of pyridine rings is 1. The number of anilines is 1. The highest BCUT2D eigenvalue weighted by atomic mass is 16.3. The van der Waals surface area contributed by atoms with Gasteiger partial charge in [-0.1, -0.05) is 0 Å². The first kappa shape index (κ1) is 8.61. The van der Waals surface area contributed by atoms with Crippen molar-refractivity contribution in [3.8, 4) is 0 Å². The number of rotatable bonds is 2. The second-order valence-corrected chi connectivity index (χ2v) is 2.82. The lowest BCUT2D eigenvalue weighted by Crippen LogP contribution is -2.28. The second-order valence-electron chi connectivity index (χ2n) is 2.82. The molecule has 0 atom stereocenters. The van der Waals surface area contributed by atoms with Gasteiger partial charge in [0.05, 0.1) is 0 Å². The Kier molecular flexibility index (Phi) is 2.10. The maximum atomic E-state index is 11.3. The third-order valence-electron chi connectivity index (χ3n) is 1.98. The molecule has 2 amide bonds. The molecular weight excluding hydrogens is 184 g/mol.